The van der Waals surface area contributed by atoms with E-state index in [1.807, 2.05) is 0 Å². The maximum absolute atomic E-state index is 12.6. The standard InChI is InChI=1S/C15H18N4O6S/c1-26(23,24)18-6-4-17(5-7-18)13(20)12-9-16-15(22)19(14(12)21)10-11-3-2-8-25-11/h2-3,8-9H,4-7,10H2,1H3,(H,16,22). The van der Waals surface area contributed by atoms with Crippen LogP contribution in [0.2, 0.25) is 0 Å². The Bertz CT molecular complexity index is 1010. The molecular formula is C15H18N4O6S. The molecule has 2 aromatic rings. The predicted molar refractivity (Wildman–Crippen MR) is 91.5 cm³/mol. The minimum atomic E-state index is -3.32. The molecule has 26 heavy (non-hydrogen) atoms. The van der Waals surface area contributed by atoms with Gasteiger partial charge in [-0.05, 0) is 12.1 Å². The molecule has 0 aliphatic carbocycles. The lowest BCUT2D eigenvalue weighted by Crippen LogP contribution is -2.51. The highest BCUT2D eigenvalue weighted by Gasteiger charge is 2.28. The molecule has 0 atom stereocenters. The highest BCUT2D eigenvalue weighted by molar-refractivity contribution is 7.88. The number of nitrogens with one attached hydrogen (secondary N) is 1. The molecule has 1 aliphatic heterocycles. The number of sulfonamides is 1. The molecule has 1 saturated heterocycles. The number of rotatable bonds is 4. The SMILES string of the molecule is CS(=O)(=O)N1CCN(C(=O)c2c[nH]c(=O)n(Cc3ccco3)c2=O)CC1. The van der Waals surface area contributed by atoms with E-state index in [1.165, 1.54) is 15.5 Å². The Kier molecular flexibility index (Phi) is 4.83. The lowest BCUT2D eigenvalue weighted by atomic mass is 10.2. The van der Waals surface area contributed by atoms with Gasteiger partial charge in [-0.1, -0.05) is 0 Å². The zero-order chi connectivity index (χ0) is 18.9. The quantitative estimate of drug-likeness (QED) is 0.715. The average Bonchev–Trinajstić information content (AvgIpc) is 3.11. The number of nitrogens with zero attached hydrogens (tertiary/aromatic N) is 3. The van der Waals surface area contributed by atoms with Crippen molar-refractivity contribution in [1.29, 1.82) is 0 Å². The fraction of sp³-hybridized carbons (Fsp3) is 0.400. The van der Waals surface area contributed by atoms with Crippen molar-refractivity contribution in [2.45, 2.75) is 6.54 Å². The number of carbonyl (C=O) groups is 1. The minimum absolute atomic E-state index is 0.0931. The number of aromatic amines is 1. The highest BCUT2D eigenvalue weighted by atomic mass is 32.2. The van der Waals surface area contributed by atoms with E-state index < -0.39 is 27.2 Å². The van der Waals surface area contributed by atoms with Gasteiger partial charge < -0.3 is 14.3 Å². The van der Waals surface area contributed by atoms with Crippen molar-refractivity contribution in [2.24, 2.45) is 0 Å². The van der Waals surface area contributed by atoms with Crippen molar-refractivity contribution in [3.63, 3.8) is 0 Å². The van der Waals surface area contributed by atoms with Crippen molar-refractivity contribution in [2.75, 3.05) is 32.4 Å². The van der Waals surface area contributed by atoms with Gasteiger partial charge in [0, 0.05) is 32.4 Å². The second-order valence-electron chi connectivity index (χ2n) is 5.93. The Morgan fingerprint density at radius 1 is 1.23 bits per heavy atom. The summed E-state index contributed by atoms with van der Waals surface area (Å²) in [7, 11) is -3.32. The van der Waals surface area contributed by atoms with Crippen molar-refractivity contribution in [1.82, 2.24) is 18.8 Å². The molecule has 3 rings (SSSR count). The molecule has 1 fully saturated rings. The van der Waals surface area contributed by atoms with E-state index in [9.17, 15) is 22.8 Å². The summed E-state index contributed by atoms with van der Waals surface area (Å²) in [5, 5.41) is 0. The van der Waals surface area contributed by atoms with Crippen LogP contribution in [0, 0.1) is 0 Å². The summed E-state index contributed by atoms with van der Waals surface area (Å²) in [6.45, 7) is 0.568. The van der Waals surface area contributed by atoms with E-state index in [0.717, 1.165) is 17.0 Å². The number of piperazine rings is 1. The fourth-order valence-corrected chi connectivity index (χ4v) is 3.59. The number of carbonyl (C=O) groups excluding carboxylic acids is 1. The number of furan rings is 1. The Labute approximate surface area is 148 Å². The number of H-pyrrole nitrogens is 1. The summed E-state index contributed by atoms with van der Waals surface area (Å²) >= 11 is 0. The zero-order valence-corrected chi connectivity index (χ0v) is 14.9. The van der Waals surface area contributed by atoms with E-state index in [2.05, 4.69) is 4.98 Å². The van der Waals surface area contributed by atoms with Gasteiger partial charge >= 0.3 is 5.69 Å². The lowest BCUT2D eigenvalue weighted by molar-refractivity contribution is 0.0695. The van der Waals surface area contributed by atoms with Crippen LogP contribution in [0.3, 0.4) is 0 Å². The highest BCUT2D eigenvalue weighted by Crippen LogP contribution is 2.08. The summed E-state index contributed by atoms with van der Waals surface area (Å²) in [5.41, 5.74) is -1.55. The molecule has 2 aromatic heterocycles. The summed E-state index contributed by atoms with van der Waals surface area (Å²) in [4.78, 5) is 40.9. The van der Waals surface area contributed by atoms with E-state index in [1.54, 1.807) is 12.1 Å². The van der Waals surface area contributed by atoms with Gasteiger partial charge in [-0.15, -0.1) is 0 Å². The van der Waals surface area contributed by atoms with Crippen LogP contribution in [0.4, 0.5) is 0 Å². The molecule has 3 heterocycles. The van der Waals surface area contributed by atoms with Crippen LogP contribution >= 0.6 is 0 Å². The number of amides is 1. The van der Waals surface area contributed by atoms with Crippen LogP contribution in [-0.2, 0) is 16.6 Å². The van der Waals surface area contributed by atoms with Crippen molar-refractivity contribution < 1.29 is 17.6 Å². The third-order valence-corrected chi connectivity index (χ3v) is 5.48. The monoisotopic (exact) mass is 382 g/mol. The lowest BCUT2D eigenvalue weighted by Gasteiger charge is -2.33. The second-order valence-corrected chi connectivity index (χ2v) is 7.91. The Morgan fingerprint density at radius 3 is 2.50 bits per heavy atom. The third-order valence-electron chi connectivity index (χ3n) is 4.18. The van der Waals surface area contributed by atoms with Gasteiger partial charge in [0.1, 0.15) is 11.3 Å². The number of hydrogen-bond donors (Lipinski definition) is 1. The van der Waals surface area contributed by atoms with Gasteiger partial charge in [-0.2, -0.15) is 4.31 Å². The first-order valence-corrected chi connectivity index (χ1v) is 9.71. The molecule has 11 heteroatoms. The molecular weight excluding hydrogens is 364 g/mol. The molecule has 0 saturated carbocycles. The van der Waals surface area contributed by atoms with Crippen LogP contribution in [-0.4, -0.2) is 65.5 Å². The van der Waals surface area contributed by atoms with Gasteiger partial charge in [-0.25, -0.2) is 13.2 Å². The molecule has 0 bridgehead atoms. The molecule has 0 aromatic carbocycles. The van der Waals surface area contributed by atoms with Crippen LogP contribution in [0.15, 0.2) is 38.6 Å². The van der Waals surface area contributed by atoms with Gasteiger partial charge in [0.15, 0.2) is 0 Å². The van der Waals surface area contributed by atoms with E-state index in [-0.39, 0.29) is 38.3 Å². The minimum Gasteiger partial charge on any atom is -0.467 e. The molecule has 0 radical (unpaired) electrons. The van der Waals surface area contributed by atoms with E-state index >= 15 is 0 Å². The molecule has 1 aliphatic rings. The first-order valence-electron chi connectivity index (χ1n) is 7.86. The number of hydrogen-bond acceptors (Lipinski definition) is 6. The molecule has 140 valence electrons. The second kappa shape index (κ2) is 6.92. The predicted octanol–water partition coefficient (Wildman–Crippen LogP) is -1.10. The van der Waals surface area contributed by atoms with Crippen molar-refractivity contribution in [3.8, 4) is 0 Å². The Morgan fingerprint density at radius 2 is 1.92 bits per heavy atom. The molecule has 1 N–H and O–H groups in total. The van der Waals surface area contributed by atoms with Crippen LogP contribution < -0.4 is 11.2 Å². The first-order chi connectivity index (χ1) is 12.3. The van der Waals surface area contributed by atoms with E-state index in [0.29, 0.717) is 5.76 Å². The molecule has 0 unspecified atom stereocenters. The Hall–Kier alpha value is -2.66. The largest absolute Gasteiger partial charge is 0.467 e. The fourth-order valence-electron chi connectivity index (χ4n) is 2.76. The van der Waals surface area contributed by atoms with Crippen LogP contribution in [0.5, 0.6) is 0 Å². The number of aromatic nitrogens is 2. The third kappa shape index (κ3) is 3.63. The van der Waals surface area contributed by atoms with Gasteiger partial charge in [0.2, 0.25) is 10.0 Å². The summed E-state index contributed by atoms with van der Waals surface area (Å²) in [5.74, 6) is -0.142. The first kappa shape index (κ1) is 18.1. The molecule has 10 nitrogen and oxygen atoms in total. The normalized spacial score (nSPS) is 16.0. The molecule has 1 amide bonds. The maximum Gasteiger partial charge on any atom is 0.328 e. The summed E-state index contributed by atoms with van der Waals surface area (Å²) in [6.07, 6.45) is 3.62. The average molecular weight is 382 g/mol. The Balaban J connectivity index is 1.82. The van der Waals surface area contributed by atoms with Gasteiger partial charge in [0.25, 0.3) is 11.5 Å². The summed E-state index contributed by atoms with van der Waals surface area (Å²) in [6, 6.07) is 3.25. The van der Waals surface area contributed by atoms with Gasteiger partial charge in [0.05, 0.1) is 19.1 Å². The van der Waals surface area contributed by atoms with E-state index in [4.69, 9.17) is 4.42 Å². The van der Waals surface area contributed by atoms with Crippen LogP contribution in [0.1, 0.15) is 16.1 Å². The maximum atomic E-state index is 12.6. The topological polar surface area (TPSA) is 126 Å². The molecule has 0 spiro atoms. The van der Waals surface area contributed by atoms with Crippen LogP contribution in [0.25, 0.3) is 0 Å². The van der Waals surface area contributed by atoms with Gasteiger partial charge in [-0.3, -0.25) is 14.2 Å². The summed E-state index contributed by atoms with van der Waals surface area (Å²) < 4.78 is 30.4. The van der Waals surface area contributed by atoms with Crippen molar-refractivity contribution in [3.05, 3.63) is 56.8 Å². The van der Waals surface area contributed by atoms with Crippen molar-refractivity contribution >= 4 is 15.9 Å². The smallest absolute Gasteiger partial charge is 0.328 e. The zero-order valence-electron chi connectivity index (χ0n) is 14.0.